The van der Waals surface area contributed by atoms with Gasteiger partial charge in [0.1, 0.15) is 13.2 Å². The Morgan fingerprint density at radius 3 is 2.83 bits per heavy atom. The van der Waals surface area contributed by atoms with Crippen LogP contribution in [-0.2, 0) is 0 Å². The summed E-state index contributed by atoms with van der Waals surface area (Å²) in [5.74, 6) is 2.28. The molecule has 0 aromatic heterocycles. The zero-order chi connectivity index (χ0) is 12.4. The Hall–Kier alpha value is -1.42. The normalized spacial score (nSPS) is 26.1. The lowest BCUT2D eigenvalue weighted by Crippen LogP contribution is -2.29. The van der Waals surface area contributed by atoms with Crippen molar-refractivity contribution >= 4 is 5.69 Å². The molecule has 2 unspecified atom stereocenters. The van der Waals surface area contributed by atoms with Crippen LogP contribution in [0.25, 0.3) is 0 Å². The molecule has 1 aliphatic carbocycles. The summed E-state index contributed by atoms with van der Waals surface area (Å²) in [6, 6.07) is 6.56. The fourth-order valence-electron chi connectivity index (χ4n) is 2.86. The molecule has 1 saturated carbocycles. The average Bonchev–Trinajstić information content (AvgIpc) is 2.86. The van der Waals surface area contributed by atoms with Gasteiger partial charge in [0.2, 0.25) is 0 Å². The van der Waals surface area contributed by atoms with E-state index < -0.39 is 0 Å². The lowest BCUT2D eigenvalue weighted by molar-refractivity contribution is 0.171. The van der Waals surface area contributed by atoms with Crippen LogP contribution < -0.4 is 20.5 Å². The predicted octanol–water partition coefficient (Wildman–Crippen LogP) is 2.00. The number of rotatable bonds is 3. The molecule has 3 rings (SSSR count). The van der Waals surface area contributed by atoms with Crippen LogP contribution in [-0.4, -0.2) is 25.8 Å². The highest BCUT2D eigenvalue weighted by molar-refractivity contribution is 5.55. The highest BCUT2D eigenvalue weighted by atomic mass is 16.6. The molecule has 0 bridgehead atoms. The molecular formula is C14H20N2O2. The molecule has 1 aliphatic heterocycles. The largest absolute Gasteiger partial charge is 0.486 e. The molecule has 3 N–H and O–H groups in total. The molecule has 0 spiro atoms. The van der Waals surface area contributed by atoms with Crippen molar-refractivity contribution < 1.29 is 9.47 Å². The maximum absolute atomic E-state index is 5.80. The fraction of sp³-hybridized carbons (Fsp3) is 0.571. The van der Waals surface area contributed by atoms with Crippen LogP contribution in [0.5, 0.6) is 11.5 Å². The van der Waals surface area contributed by atoms with E-state index in [1.54, 1.807) is 0 Å². The maximum atomic E-state index is 5.80. The lowest BCUT2D eigenvalue weighted by Gasteiger charge is -2.23. The summed E-state index contributed by atoms with van der Waals surface area (Å²) in [5, 5.41) is 3.58. The van der Waals surface area contributed by atoms with E-state index in [0.717, 1.165) is 23.7 Å². The van der Waals surface area contributed by atoms with Gasteiger partial charge in [-0.05, 0) is 37.4 Å². The number of fused-ring (bicyclic) bond motifs is 1. The molecule has 0 amide bonds. The summed E-state index contributed by atoms with van der Waals surface area (Å²) in [5.41, 5.74) is 6.91. The Kier molecular flexibility index (Phi) is 3.28. The Morgan fingerprint density at radius 1 is 1.17 bits per heavy atom. The highest BCUT2D eigenvalue weighted by Gasteiger charge is 2.26. The SMILES string of the molecule is NCC1CCCC1Nc1ccc2c(c1)OCCO2. The Bertz CT molecular complexity index is 422. The first-order valence-electron chi connectivity index (χ1n) is 6.73. The Morgan fingerprint density at radius 2 is 2.00 bits per heavy atom. The summed E-state index contributed by atoms with van der Waals surface area (Å²) >= 11 is 0. The molecule has 98 valence electrons. The van der Waals surface area contributed by atoms with Gasteiger partial charge >= 0.3 is 0 Å². The predicted molar refractivity (Wildman–Crippen MR) is 71.2 cm³/mol. The van der Waals surface area contributed by atoms with Gasteiger partial charge in [0, 0.05) is 17.8 Å². The zero-order valence-electron chi connectivity index (χ0n) is 10.5. The van der Waals surface area contributed by atoms with E-state index in [2.05, 4.69) is 11.4 Å². The topological polar surface area (TPSA) is 56.5 Å². The van der Waals surface area contributed by atoms with Crippen molar-refractivity contribution in [1.29, 1.82) is 0 Å². The molecule has 1 aromatic carbocycles. The summed E-state index contributed by atoms with van der Waals surface area (Å²) in [7, 11) is 0. The minimum absolute atomic E-state index is 0.498. The number of nitrogens with two attached hydrogens (primary N) is 1. The number of anilines is 1. The first kappa shape index (κ1) is 11.7. The standard InChI is InChI=1S/C14H20N2O2/c15-9-10-2-1-3-12(10)16-11-4-5-13-14(8-11)18-7-6-17-13/h4-5,8,10,12,16H,1-3,6-7,9,15H2. The number of nitrogens with one attached hydrogen (secondary N) is 1. The van der Waals surface area contributed by atoms with Gasteiger partial charge in [0.25, 0.3) is 0 Å². The molecule has 2 atom stereocenters. The molecule has 0 radical (unpaired) electrons. The Balaban J connectivity index is 1.72. The van der Waals surface area contributed by atoms with Gasteiger partial charge < -0.3 is 20.5 Å². The molecule has 1 aromatic rings. The van der Waals surface area contributed by atoms with Crippen LogP contribution in [0.4, 0.5) is 5.69 Å². The third-order valence-corrected chi connectivity index (χ3v) is 3.86. The van der Waals surface area contributed by atoms with Gasteiger partial charge in [0.05, 0.1) is 0 Å². The van der Waals surface area contributed by atoms with Gasteiger partial charge in [-0.2, -0.15) is 0 Å². The van der Waals surface area contributed by atoms with Crippen molar-refractivity contribution in [2.24, 2.45) is 11.7 Å². The average molecular weight is 248 g/mol. The smallest absolute Gasteiger partial charge is 0.163 e. The summed E-state index contributed by atoms with van der Waals surface area (Å²) in [4.78, 5) is 0. The van der Waals surface area contributed by atoms with Crippen LogP contribution in [0.2, 0.25) is 0 Å². The minimum atomic E-state index is 0.498. The van der Waals surface area contributed by atoms with Gasteiger partial charge in [-0.15, -0.1) is 0 Å². The van der Waals surface area contributed by atoms with Crippen molar-refractivity contribution in [2.75, 3.05) is 25.1 Å². The van der Waals surface area contributed by atoms with E-state index in [1.165, 1.54) is 19.3 Å². The van der Waals surface area contributed by atoms with E-state index in [0.29, 0.717) is 25.2 Å². The van der Waals surface area contributed by atoms with Crippen molar-refractivity contribution in [2.45, 2.75) is 25.3 Å². The first-order chi connectivity index (χ1) is 8.86. The first-order valence-corrected chi connectivity index (χ1v) is 6.73. The molecule has 1 heterocycles. The van der Waals surface area contributed by atoms with Crippen LogP contribution >= 0.6 is 0 Å². The van der Waals surface area contributed by atoms with Crippen molar-refractivity contribution in [3.05, 3.63) is 18.2 Å². The number of ether oxygens (including phenoxy) is 2. The second-order valence-corrected chi connectivity index (χ2v) is 5.04. The second kappa shape index (κ2) is 5.06. The van der Waals surface area contributed by atoms with Crippen molar-refractivity contribution in [1.82, 2.24) is 0 Å². The van der Waals surface area contributed by atoms with Crippen molar-refractivity contribution in [3.8, 4) is 11.5 Å². The molecule has 1 fully saturated rings. The molecule has 0 saturated heterocycles. The lowest BCUT2D eigenvalue weighted by atomic mass is 10.0. The molecule has 18 heavy (non-hydrogen) atoms. The molecule has 4 heteroatoms. The molecule has 2 aliphatic rings. The molecular weight excluding hydrogens is 228 g/mol. The van der Waals surface area contributed by atoms with Crippen LogP contribution in [0.1, 0.15) is 19.3 Å². The van der Waals surface area contributed by atoms with Gasteiger partial charge in [-0.1, -0.05) is 6.42 Å². The van der Waals surface area contributed by atoms with E-state index in [4.69, 9.17) is 15.2 Å². The molecule has 4 nitrogen and oxygen atoms in total. The van der Waals surface area contributed by atoms with E-state index in [-0.39, 0.29) is 0 Å². The van der Waals surface area contributed by atoms with Crippen molar-refractivity contribution in [3.63, 3.8) is 0 Å². The quantitative estimate of drug-likeness (QED) is 0.859. The van der Waals surface area contributed by atoms with Gasteiger partial charge in [0.15, 0.2) is 11.5 Å². The van der Waals surface area contributed by atoms with E-state index in [1.807, 2.05) is 12.1 Å². The Labute approximate surface area is 107 Å². The fourth-order valence-corrected chi connectivity index (χ4v) is 2.86. The summed E-state index contributed by atoms with van der Waals surface area (Å²) in [6.07, 6.45) is 3.71. The minimum Gasteiger partial charge on any atom is -0.486 e. The second-order valence-electron chi connectivity index (χ2n) is 5.04. The van der Waals surface area contributed by atoms with Gasteiger partial charge in [-0.3, -0.25) is 0 Å². The van der Waals surface area contributed by atoms with Gasteiger partial charge in [-0.25, -0.2) is 0 Å². The van der Waals surface area contributed by atoms with E-state index >= 15 is 0 Å². The number of hydrogen-bond donors (Lipinski definition) is 2. The monoisotopic (exact) mass is 248 g/mol. The maximum Gasteiger partial charge on any atom is 0.163 e. The third-order valence-electron chi connectivity index (χ3n) is 3.86. The zero-order valence-corrected chi connectivity index (χ0v) is 10.5. The summed E-state index contributed by atoms with van der Waals surface area (Å²) < 4.78 is 11.1. The number of benzene rings is 1. The van der Waals surface area contributed by atoms with E-state index in [9.17, 15) is 0 Å². The summed E-state index contributed by atoms with van der Waals surface area (Å²) in [6.45, 7) is 2.03. The number of hydrogen-bond acceptors (Lipinski definition) is 4. The third kappa shape index (κ3) is 2.25. The van der Waals surface area contributed by atoms with Crippen LogP contribution in [0.15, 0.2) is 18.2 Å². The highest BCUT2D eigenvalue weighted by Crippen LogP contribution is 2.34. The van der Waals surface area contributed by atoms with Crippen LogP contribution in [0, 0.1) is 5.92 Å². The van der Waals surface area contributed by atoms with Crippen LogP contribution in [0.3, 0.4) is 0 Å².